The molecule has 0 fully saturated rings. The van der Waals surface area contributed by atoms with E-state index in [0.29, 0.717) is 5.75 Å². The minimum absolute atomic E-state index is 0.00363. The molecule has 0 aromatic rings. The largest absolute Gasteiger partial charge is 0.468 e. The summed E-state index contributed by atoms with van der Waals surface area (Å²) in [6.07, 6.45) is 7.39. The molecular formula is C11H19NO2S. The molecule has 0 aromatic carbocycles. The summed E-state index contributed by atoms with van der Waals surface area (Å²) >= 11 is 4.16. The van der Waals surface area contributed by atoms with Crippen LogP contribution in [0.5, 0.6) is 0 Å². The van der Waals surface area contributed by atoms with Crippen LogP contribution < -0.4 is 5.32 Å². The van der Waals surface area contributed by atoms with E-state index in [2.05, 4.69) is 37.0 Å². The van der Waals surface area contributed by atoms with Gasteiger partial charge in [-0.05, 0) is 26.2 Å². The Morgan fingerprint density at radius 3 is 2.87 bits per heavy atom. The molecule has 1 unspecified atom stereocenters. The second kappa shape index (κ2) is 5.56. The molecule has 0 aliphatic heterocycles. The number of carbonyl (C=O) groups excluding carboxylic acids is 1. The van der Waals surface area contributed by atoms with Gasteiger partial charge < -0.3 is 4.74 Å². The Morgan fingerprint density at radius 2 is 2.40 bits per heavy atom. The molecule has 0 radical (unpaired) electrons. The molecular weight excluding hydrogens is 210 g/mol. The fraction of sp³-hybridized carbons (Fsp3) is 0.727. The molecule has 1 N–H and O–H groups in total. The predicted octanol–water partition coefficient (Wildman–Crippen LogP) is 1.55. The Labute approximate surface area is 96.7 Å². The lowest BCUT2D eigenvalue weighted by Gasteiger charge is -2.34. The van der Waals surface area contributed by atoms with E-state index < -0.39 is 0 Å². The number of esters is 1. The standard InChI is InChI=1S/C11H19NO2S/c1-11(6-4-3-5-7-11)12-9(8-15)10(13)14-2/h3-4,9,12,15H,5-8H2,1-2H3/t9-,11?/m0/s1. The van der Waals surface area contributed by atoms with Crippen LogP contribution in [0.15, 0.2) is 12.2 Å². The van der Waals surface area contributed by atoms with Crippen molar-refractivity contribution in [3.8, 4) is 0 Å². The van der Waals surface area contributed by atoms with Crippen LogP contribution >= 0.6 is 12.6 Å². The van der Waals surface area contributed by atoms with Gasteiger partial charge in [0, 0.05) is 11.3 Å². The first kappa shape index (κ1) is 12.6. The quantitative estimate of drug-likeness (QED) is 0.436. The first-order valence-electron chi connectivity index (χ1n) is 5.23. The Morgan fingerprint density at radius 1 is 1.67 bits per heavy atom. The molecule has 0 aromatic heterocycles. The average Bonchev–Trinajstić information content (AvgIpc) is 2.26. The minimum Gasteiger partial charge on any atom is -0.468 e. The molecule has 1 aliphatic carbocycles. The lowest BCUT2D eigenvalue weighted by Crippen LogP contribution is -2.52. The van der Waals surface area contributed by atoms with E-state index in [-0.39, 0.29) is 17.6 Å². The van der Waals surface area contributed by atoms with Crippen LogP contribution in [-0.2, 0) is 9.53 Å². The highest BCUT2D eigenvalue weighted by atomic mass is 32.1. The van der Waals surface area contributed by atoms with Gasteiger partial charge in [0.2, 0.25) is 0 Å². The summed E-state index contributed by atoms with van der Waals surface area (Å²) in [5.74, 6) is 0.229. The number of allylic oxidation sites excluding steroid dienone is 1. The number of rotatable bonds is 4. The zero-order valence-electron chi connectivity index (χ0n) is 9.32. The molecule has 1 aliphatic rings. The average molecular weight is 229 g/mol. The highest BCUT2D eigenvalue weighted by molar-refractivity contribution is 7.80. The van der Waals surface area contributed by atoms with Gasteiger partial charge in [-0.25, -0.2) is 0 Å². The van der Waals surface area contributed by atoms with Crippen LogP contribution in [-0.4, -0.2) is 30.4 Å². The number of methoxy groups -OCH3 is 1. The summed E-state index contributed by atoms with van der Waals surface area (Å²) in [6.45, 7) is 2.13. The van der Waals surface area contributed by atoms with E-state index in [1.54, 1.807) is 0 Å². The predicted molar refractivity (Wildman–Crippen MR) is 64.2 cm³/mol. The molecule has 0 heterocycles. The number of hydrogen-bond acceptors (Lipinski definition) is 4. The maximum atomic E-state index is 11.4. The molecule has 1 rings (SSSR count). The highest BCUT2D eigenvalue weighted by Crippen LogP contribution is 2.23. The van der Waals surface area contributed by atoms with Gasteiger partial charge in [0.25, 0.3) is 0 Å². The van der Waals surface area contributed by atoms with Crippen molar-refractivity contribution in [1.82, 2.24) is 5.32 Å². The summed E-state index contributed by atoms with van der Waals surface area (Å²) < 4.78 is 4.72. The van der Waals surface area contributed by atoms with Crippen molar-refractivity contribution < 1.29 is 9.53 Å². The third-order valence-corrected chi connectivity index (χ3v) is 3.15. The van der Waals surface area contributed by atoms with Gasteiger partial charge in [-0.3, -0.25) is 10.1 Å². The number of hydrogen-bond donors (Lipinski definition) is 2. The second-order valence-electron chi connectivity index (χ2n) is 4.18. The second-order valence-corrected chi connectivity index (χ2v) is 4.54. The summed E-state index contributed by atoms with van der Waals surface area (Å²) in [5.41, 5.74) is -0.00363. The molecule has 3 nitrogen and oxygen atoms in total. The normalized spacial score (nSPS) is 27.4. The Hall–Kier alpha value is -0.480. The zero-order chi connectivity index (χ0) is 11.3. The highest BCUT2D eigenvalue weighted by Gasteiger charge is 2.30. The third kappa shape index (κ3) is 3.54. The van der Waals surface area contributed by atoms with Crippen molar-refractivity contribution in [2.45, 2.75) is 37.8 Å². The van der Waals surface area contributed by atoms with Gasteiger partial charge in [-0.1, -0.05) is 12.2 Å². The number of thiol groups is 1. The molecule has 0 amide bonds. The number of carbonyl (C=O) groups is 1. The molecule has 0 saturated carbocycles. The summed E-state index contributed by atoms with van der Waals surface area (Å²) in [6, 6.07) is -0.310. The van der Waals surface area contributed by atoms with Crippen molar-refractivity contribution >= 4 is 18.6 Å². The summed E-state index contributed by atoms with van der Waals surface area (Å²) in [7, 11) is 1.41. The molecule has 4 heteroatoms. The van der Waals surface area contributed by atoms with Gasteiger partial charge in [-0.2, -0.15) is 12.6 Å². The van der Waals surface area contributed by atoms with Crippen LogP contribution in [0.1, 0.15) is 26.2 Å². The monoisotopic (exact) mass is 229 g/mol. The van der Waals surface area contributed by atoms with Gasteiger partial charge >= 0.3 is 5.97 Å². The van der Waals surface area contributed by atoms with Crippen molar-refractivity contribution in [3.05, 3.63) is 12.2 Å². The fourth-order valence-electron chi connectivity index (χ4n) is 1.84. The molecule has 15 heavy (non-hydrogen) atoms. The Balaban J connectivity index is 2.57. The summed E-state index contributed by atoms with van der Waals surface area (Å²) in [5, 5.41) is 3.33. The fourth-order valence-corrected chi connectivity index (χ4v) is 2.08. The maximum Gasteiger partial charge on any atom is 0.323 e. The SMILES string of the molecule is COC(=O)[C@H](CS)NC1(C)CC=CCC1. The zero-order valence-corrected chi connectivity index (χ0v) is 10.2. The van der Waals surface area contributed by atoms with E-state index in [4.69, 9.17) is 4.74 Å². The van der Waals surface area contributed by atoms with Gasteiger partial charge in [0.05, 0.1) is 7.11 Å². The van der Waals surface area contributed by atoms with Crippen LogP contribution in [0.4, 0.5) is 0 Å². The maximum absolute atomic E-state index is 11.4. The molecule has 0 spiro atoms. The number of ether oxygens (including phenoxy) is 1. The van der Waals surface area contributed by atoms with E-state index in [0.717, 1.165) is 19.3 Å². The van der Waals surface area contributed by atoms with Crippen molar-refractivity contribution in [2.75, 3.05) is 12.9 Å². The minimum atomic E-state index is -0.310. The van der Waals surface area contributed by atoms with Crippen molar-refractivity contribution in [1.29, 1.82) is 0 Å². The molecule has 2 atom stereocenters. The Kier molecular flexibility index (Phi) is 4.67. The van der Waals surface area contributed by atoms with E-state index in [9.17, 15) is 4.79 Å². The van der Waals surface area contributed by atoms with Gasteiger partial charge in [-0.15, -0.1) is 0 Å². The van der Waals surface area contributed by atoms with Crippen LogP contribution in [0.2, 0.25) is 0 Å². The van der Waals surface area contributed by atoms with E-state index in [1.807, 2.05) is 0 Å². The van der Waals surface area contributed by atoms with Gasteiger partial charge in [0.1, 0.15) is 6.04 Å². The molecule has 0 bridgehead atoms. The van der Waals surface area contributed by atoms with Crippen molar-refractivity contribution in [2.24, 2.45) is 0 Å². The molecule has 86 valence electrons. The lowest BCUT2D eigenvalue weighted by atomic mass is 9.87. The smallest absolute Gasteiger partial charge is 0.323 e. The van der Waals surface area contributed by atoms with Crippen LogP contribution in [0.3, 0.4) is 0 Å². The first-order chi connectivity index (χ1) is 7.11. The molecule has 0 saturated heterocycles. The third-order valence-electron chi connectivity index (χ3n) is 2.79. The van der Waals surface area contributed by atoms with Gasteiger partial charge in [0.15, 0.2) is 0 Å². The van der Waals surface area contributed by atoms with Crippen LogP contribution in [0, 0.1) is 0 Å². The van der Waals surface area contributed by atoms with E-state index >= 15 is 0 Å². The first-order valence-corrected chi connectivity index (χ1v) is 5.86. The van der Waals surface area contributed by atoms with Crippen molar-refractivity contribution in [3.63, 3.8) is 0 Å². The summed E-state index contributed by atoms with van der Waals surface area (Å²) in [4.78, 5) is 11.4. The van der Waals surface area contributed by atoms with Crippen LogP contribution in [0.25, 0.3) is 0 Å². The Bertz CT molecular complexity index is 255. The lowest BCUT2D eigenvalue weighted by molar-refractivity contribution is -0.143. The van der Waals surface area contributed by atoms with E-state index in [1.165, 1.54) is 7.11 Å². The topological polar surface area (TPSA) is 38.3 Å². The number of nitrogens with one attached hydrogen (secondary N) is 1.